The molecule has 0 bridgehead atoms. The van der Waals surface area contributed by atoms with Crippen LogP contribution < -0.4 is 10.1 Å². The highest BCUT2D eigenvalue weighted by Crippen LogP contribution is 2.28. The Kier molecular flexibility index (Phi) is 9.11. The van der Waals surface area contributed by atoms with Crippen molar-refractivity contribution in [3.8, 4) is 5.75 Å². The van der Waals surface area contributed by atoms with Crippen LogP contribution in [0.2, 0.25) is 5.02 Å². The number of carbonyl (C=O) groups is 2. The summed E-state index contributed by atoms with van der Waals surface area (Å²) >= 11 is 9.29. The van der Waals surface area contributed by atoms with Gasteiger partial charge in [0.15, 0.2) is 6.61 Å². The van der Waals surface area contributed by atoms with Crippen LogP contribution >= 0.6 is 27.5 Å². The number of amides is 2. The lowest BCUT2D eigenvalue weighted by Gasteiger charge is -2.31. The van der Waals surface area contributed by atoms with Gasteiger partial charge < -0.3 is 15.0 Å². The van der Waals surface area contributed by atoms with E-state index in [2.05, 4.69) is 21.2 Å². The minimum atomic E-state index is -0.679. The summed E-state index contributed by atoms with van der Waals surface area (Å²) in [4.78, 5) is 27.2. The van der Waals surface area contributed by atoms with Crippen molar-refractivity contribution in [2.24, 2.45) is 0 Å². The van der Waals surface area contributed by atoms with Gasteiger partial charge in [0.05, 0.1) is 4.47 Å². The summed E-state index contributed by atoms with van der Waals surface area (Å²) in [6, 6.07) is 10.1. The molecule has 1 unspecified atom stereocenters. The summed E-state index contributed by atoms with van der Waals surface area (Å²) in [6.45, 7) is 5.46. The summed E-state index contributed by atoms with van der Waals surface area (Å²) in [5.74, 6) is -0.492. The summed E-state index contributed by atoms with van der Waals surface area (Å²) in [5, 5.41) is 3.39. The highest BCUT2D eigenvalue weighted by atomic mass is 79.9. The molecule has 0 aromatic heterocycles. The second kappa shape index (κ2) is 11.3. The molecule has 0 fully saturated rings. The fraction of sp³-hybridized carbons (Fsp3) is 0.364. The van der Waals surface area contributed by atoms with Gasteiger partial charge in [-0.2, -0.15) is 0 Å². The summed E-state index contributed by atoms with van der Waals surface area (Å²) < 4.78 is 19.6. The molecular formula is C22H25BrClFN2O3. The lowest BCUT2D eigenvalue weighted by Crippen LogP contribution is -2.51. The Morgan fingerprint density at radius 2 is 1.87 bits per heavy atom. The summed E-state index contributed by atoms with van der Waals surface area (Å²) in [7, 11) is 0. The molecule has 8 heteroatoms. The third-order valence-electron chi connectivity index (χ3n) is 4.33. The van der Waals surface area contributed by atoms with E-state index in [1.165, 1.54) is 17.0 Å². The third kappa shape index (κ3) is 6.99. The van der Waals surface area contributed by atoms with Crippen LogP contribution in [0.3, 0.4) is 0 Å². The summed E-state index contributed by atoms with van der Waals surface area (Å²) in [5.41, 5.74) is 0.716. The second-order valence-electron chi connectivity index (χ2n) is 7.10. The van der Waals surface area contributed by atoms with Crippen LogP contribution in [0.4, 0.5) is 4.39 Å². The Morgan fingerprint density at radius 3 is 2.43 bits per heavy atom. The smallest absolute Gasteiger partial charge is 0.261 e. The molecule has 1 N–H and O–H groups in total. The Hall–Kier alpha value is -2.12. The molecule has 0 saturated heterocycles. The van der Waals surface area contributed by atoms with Crippen molar-refractivity contribution in [2.75, 3.05) is 6.61 Å². The van der Waals surface area contributed by atoms with Gasteiger partial charge in [-0.05, 0) is 72.1 Å². The fourth-order valence-corrected chi connectivity index (χ4v) is 3.70. The quantitative estimate of drug-likeness (QED) is 0.531. The molecule has 2 aromatic carbocycles. The highest BCUT2D eigenvalue weighted by Gasteiger charge is 2.29. The van der Waals surface area contributed by atoms with E-state index < -0.39 is 6.04 Å². The van der Waals surface area contributed by atoms with Gasteiger partial charge in [-0.25, -0.2) is 4.39 Å². The highest BCUT2D eigenvalue weighted by molar-refractivity contribution is 9.10. The second-order valence-corrected chi connectivity index (χ2v) is 8.39. The first kappa shape index (κ1) is 24.2. The molecule has 30 heavy (non-hydrogen) atoms. The Morgan fingerprint density at radius 1 is 1.20 bits per heavy atom. The zero-order chi connectivity index (χ0) is 22.3. The summed E-state index contributed by atoms with van der Waals surface area (Å²) in [6.07, 6.45) is 0.427. The Balaban J connectivity index is 2.22. The number of benzene rings is 2. The van der Waals surface area contributed by atoms with Gasteiger partial charge in [-0.3, -0.25) is 9.59 Å². The predicted molar refractivity (Wildman–Crippen MR) is 119 cm³/mol. The van der Waals surface area contributed by atoms with Gasteiger partial charge in [0.2, 0.25) is 5.91 Å². The van der Waals surface area contributed by atoms with E-state index in [1.807, 2.05) is 20.8 Å². The molecule has 2 rings (SSSR count). The first-order valence-electron chi connectivity index (χ1n) is 9.63. The molecule has 2 amide bonds. The van der Waals surface area contributed by atoms with E-state index in [9.17, 15) is 14.0 Å². The lowest BCUT2D eigenvalue weighted by atomic mass is 10.1. The molecule has 0 saturated carbocycles. The molecular weight excluding hydrogens is 475 g/mol. The number of carbonyl (C=O) groups excluding carboxylic acids is 2. The SMILES string of the molecule is CCC(C(=O)NC(C)C)N(Cc1ccc(F)cc1)C(=O)COc1ccc(Cl)cc1Br. The van der Waals surface area contributed by atoms with E-state index in [0.717, 1.165) is 0 Å². The minimum absolute atomic E-state index is 0.0596. The topological polar surface area (TPSA) is 58.6 Å². The molecule has 1 atom stereocenters. The van der Waals surface area contributed by atoms with Crippen molar-refractivity contribution >= 4 is 39.3 Å². The van der Waals surface area contributed by atoms with E-state index >= 15 is 0 Å². The first-order valence-corrected chi connectivity index (χ1v) is 10.8. The molecule has 0 aliphatic carbocycles. The average molecular weight is 500 g/mol. The number of nitrogens with zero attached hydrogens (tertiary/aromatic N) is 1. The molecule has 0 radical (unpaired) electrons. The zero-order valence-electron chi connectivity index (χ0n) is 17.1. The number of ether oxygens (including phenoxy) is 1. The van der Waals surface area contributed by atoms with Crippen molar-refractivity contribution in [2.45, 2.75) is 45.8 Å². The van der Waals surface area contributed by atoms with Gasteiger partial charge in [-0.1, -0.05) is 30.7 Å². The van der Waals surface area contributed by atoms with Crippen molar-refractivity contribution in [3.05, 3.63) is 63.3 Å². The van der Waals surface area contributed by atoms with Crippen molar-refractivity contribution in [3.63, 3.8) is 0 Å². The van der Waals surface area contributed by atoms with Gasteiger partial charge in [0.25, 0.3) is 5.91 Å². The zero-order valence-corrected chi connectivity index (χ0v) is 19.5. The van der Waals surface area contributed by atoms with Crippen LogP contribution in [0.1, 0.15) is 32.8 Å². The van der Waals surface area contributed by atoms with Crippen LogP contribution in [0.15, 0.2) is 46.9 Å². The van der Waals surface area contributed by atoms with Crippen molar-refractivity contribution < 1.29 is 18.7 Å². The number of hydrogen-bond donors (Lipinski definition) is 1. The predicted octanol–water partition coefficient (Wildman–Crippen LogP) is 4.95. The lowest BCUT2D eigenvalue weighted by molar-refractivity contribution is -0.143. The van der Waals surface area contributed by atoms with Crippen LogP contribution in [-0.2, 0) is 16.1 Å². The van der Waals surface area contributed by atoms with Gasteiger partial charge in [0, 0.05) is 17.6 Å². The maximum atomic E-state index is 13.3. The van der Waals surface area contributed by atoms with E-state index in [-0.39, 0.29) is 36.8 Å². The molecule has 162 valence electrons. The number of halogens is 3. The molecule has 0 spiro atoms. The standard InChI is InChI=1S/C22H25BrClFN2O3/c1-4-19(22(29)26-14(2)3)27(12-15-5-8-17(25)9-6-15)21(28)13-30-20-10-7-16(24)11-18(20)23/h5-11,14,19H,4,12-13H2,1-3H3,(H,26,29). The molecule has 0 aliphatic rings. The fourth-order valence-electron chi connectivity index (χ4n) is 2.90. The van der Waals surface area contributed by atoms with Crippen LogP contribution in [-0.4, -0.2) is 35.4 Å². The molecule has 2 aromatic rings. The minimum Gasteiger partial charge on any atom is -0.483 e. The Labute approximate surface area is 189 Å². The first-order chi connectivity index (χ1) is 14.2. The normalized spacial score (nSPS) is 11.8. The molecule has 0 aliphatic heterocycles. The average Bonchev–Trinajstić information content (AvgIpc) is 2.68. The number of hydrogen-bond acceptors (Lipinski definition) is 3. The van der Waals surface area contributed by atoms with Crippen LogP contribution in [0.5, 0.6) is 5.75 Å². The van der Waals surface area contributed by atoms with Crippen molar-refractivity contribution in [1.82, 2.24) is 10.2 Å². The Bertz CT molecular complexity index is 877. The van der Waals surface area contributed by atoms with Crippen LogP contribution in [0.25, 0.3) is 0 Å². The largest absolute Gasteiger partial charge is 0.483 e. The maximum absolute atomic E-state index is 13.3. The van der Waals surface area contributed by atoms with Gasteiger partial charge in [0.1, 0.15) is 17.6 Å². The van der Waals surface area contributed by atoms with Crippen molar-refractivity contribution in [1.29, 1.82) is 0 Å². The molecule has 5 nitrogen and oxygen atoms in total. The van der Waals surface area contributed by atoms with E-state index in [0.29, 0.717) is 27.2 Å². The molecule has 0 heterocycles. The van der Waals surface area contributed by atoms with E-state index in [4.69, 9.17) is 16.3 Å². The third-order valence-corrected chi connectivity index (χ3v) is 5.18. The van der Waals surface area contributed by atoms with Crippen LogP contribution in [0, 0.1) is 5.82 Å². The van der Waals surface area contributed by atoms with E-state index in [1.54, 1.807) is 30.3 Å². The number of rotatable bonds is 9. The van der Waals surface area contributed by atoms with Gasteiger partial charge >= 0.3 is 0 Å². The monoisotopic (exact) mass is 498 g/mol. The maximum Gasteiger partial charge on any atom is 0.261 e. The van der Waals surface area contributed by atoms with Gasteiger partial charge in [-0.15, -0.1) is 0 Å². The number of nitrogens with one attached hydrogen (secondary N) is 1.